The number of hydrogen-bond donors (Lipinski definition) is 1. The fourth-order valence-electron chi connectivity index (χ4n) is 5.38. The lowest BCUT2D eigenvalue weighted by Crippen LogP contribution is -2.45. The Kier molecular flexibility index (Phi) is 7.11. The van der Waals surface area contributed by atoms with Crippen molar-refractivity contribution in [2.24, 2.45) is 0 Å². The highest BCUT2D eigenvalue weighted by Gasteiger charge is 2.41. The number of fused-ring (bicyclic) bond motifs is 1. The first-order valence-corrected chi connectivity index (χ1v) is 12.9. The SMILES string of the molecule is CCc1cccc(CC)c1C1CCC(F)(F)CN1CCc1cnccc1Oc1ccc2c(N)noc2c1. The molecule has 5 rings (SSSR count). The fourth-order valence-corrected chi connectivity index (χ4v) is 5.38. The maximum atomic E-state index is 14.6. The number of anilines is 1. The van der Waals surface area contributed by atoms with Crippen LogP contribution in [0.5, 0.6) is 11.5 Å². The van der Waals surface area contributed by atoms with Crippen LogP contribution in [0.15, 0.2) is 59.4 Å². The Balaban J connectivity index is 1.39. The summed E-state index contributed by atoms with van der Waals surface area (Å²) in [6.45, 7) is 4.48. The predicted molar refractivity (Wildman–Crippen MR) is 140 cm³/mol. The Morgan fingerprint density at radius 2 is 1.89 bits per heavy atom. The monoisotopic (exact) mass is 506 g/mol. The van der Waals surface area contributed by atoms with Gasteiger partial charge in [-0.2, -0.15) is 0 Å². The molecule has 2 N–H and O–H groups in total. The van der Waals surface area contributed by atoms with Gasteiger partial charge in [0.25, 0.3) is 5.92 Å². The number of aromatic nitrogens is 2. The summed E-state index contributed by atoms with van der Waals surface area (Å²) in [5.74, 6) is -1.17. The standard InChI is InChI=1S/C29H32F2N4O2/c1-3-19-6-5-7-20(4-2)27(19)24-10-13-29(30,31)18-35(24)15-12-21-17-33-14-11-25(21)36-22-8-9-23-26(16-22)37-34-28(23)32/h5-9,11,14,16-17,24H,3-4,10,12-13,15,18H2,1-2H3,(H2,32,34). The second-order valence-corrected chi connectivity index (χ2v) is 9.64. The second-order valence-electron chi connectivity index (χ2n) is 9.64. The summed E-state index contributed by atoms with van der Waals surface area (Å²) in [4.78, 5) is 6.23. The third-order valence-corrected chi connectivity index (χ3v) is 7.27. The van der Waals surface area contributed by atoms with Gasteiger partial charge in [-0.05, 0) is 60.6 Å². The molecule has 0 spiro atoms. The number of pyridine rings is 1. The van der Waals surface area contributed by atoms with Gasteiger partial charge in [0.1, 0.15) is 11.5 Å². The minimum Gasteiger partial charge on any atom is -0.457 e. The van der Waals surface area contributed by atoms with Gasteiger partial charge in [-0.25, -0.2) is 8.78 Å². The van der Waals surface area contributed by atoms with Crippen LogP contribution in [-0.2, 0) is 19.3 Å². The van der Waals surface area contributed by atoms with Crippen LogP contribution in [0.1, 0.15) is 55.0 Å². The zero-order chi connectivity index (χ0) is 26.0. The molecule has 0 radical (unpaired) electrons. The smallest absolute Gasteiger partial charge is 0.260 e. The topological polar surface area (TPSA) is 77.4 Å². The Labute approximate surface area is 215 Å². The maximum absolute atomic E-state index is 14.6. The van der Waals surface area contributed by atoms with Gasteiger partial charge in [-0.1, -0.05) is 37.2 Å². The minimum absolute atomic E-state index is 0.0360. The van der Waals surface area contributed by atoms with Gasteiger partial charge in [0.15, 0.2) is 11.4 Å². The molecule has 1 aliphatic heterocycles. The highest BCUT2D eigenvalue weighted by atomic mass is 19.3. The van der Waals surface area contributed by atoms with Crippen LogP contribution in [0.3, 0.4) is 0 Å². The molecule has 1 unspecified atom stereocenters. The van der Waals surface area contributed by atoms with E-state index in [1.54, 1.807) is 36.7 Å². The summed E-state index contributed by atoms with van der Waals surface area (Å²) in [5, 5.41) is 4.50. The van der Waals surface area contributed by atoms with Crippen molar-refractivity contribution in [2.75, 3.05) is 18.8 Å². The van der Waals surface area contributed by atoms with E-state index in [9.17, 15) is 8.78 Å². The van der Waals surface area contributed by atoms with Crippen LogP contribution in [0.2, 0.25) is 0 Å². The van der Waals surface area contributed by atoms with Crippen molar-refractivity contribution in [1.82, 2.24) is 15.0 Å². The Morgan fingerprint density at radius 1 is 1.11 bits per heavy atom. The molecule has 3 heterocycles. The number of hydrogen-bond acceptors (Lipinski definition) is 6. The number of benzene rings is 2. The molecule has 2 aromatic carbocycles. The molecule has 1 saturated heterocycles. The molecule has 0 bridgehead atoms. The number of alkyl halides is 2. The lowest BCUT2D eigenvalue weighted by Gasteiger charge is -2.41. The molecule has 1 aliphatic rings. The van der Waals surface area contributed by atoms with Crippen LogP contribution in [0.25, 0.3) is 11.0 Å². The van der Waals surface area contributed by atoms with Crippen molar-refractivity contribution in [3.05, 3.63) is 77.1 Å². The Bertz CT molecular complexity index is 1370. The van der Waals surface area contributed by atoms with Crippen LogP contribution < -0.4 is 10.5 Å². The molecule has 6 nitrogen and oxygen atoms in total. The van der Waals surface area contributed by atoms with Gasteiger partial charge in [-0.3, -0.25) is 9.88 Å². The molecule has 1 fully saturated rings. The molecular weight excluding hydrogens is 474 g/mol. The number of nitrogens with zero attached hydrogens (tertiary/aromatic N) is 3. The van der Waals surface area contributed by atoms with E-state index < -0.39 is 5.92 Å². The van der Waals surface area contributed by atoms with Gasteiger partial charge in [-0.15, -0.1) is 0 Å². The molecule has 8 heteroatoms. The number of nitrogen functional groups attached to an aromatic ring is 1. The third-order valence-electron chi connectivity index (χ3n) is 7.27. The average molecular weight is 507 g/mol. The Morgan fingerprint density at radius 3 is 2.65 bits per heavy atom. The van der Waals surface area contributed by atoms with E-state index in [1.807, 2.05) is 4.90 Å². The summed E-state index contributed by atoms with van der Waals surface area (Å²) in [5.41, 5.74) is 10.9. The van der Waals surface area contributed by atoms with Gasteiger partial charge >= 0.3 is 0 Å². The zero-order valence-corrected chi connectivity index (χ0v) is 21.2. The number of ether oxygens (including phenoxy) is 1. The van der Waals surface area contributed by atoms with Gasteiger partial charge < -0.3 is 15.0 Å². The van der Waals surface area contributed by atoms with Crippen molar-refractivity contribution in [2.45, 2.75) is 57.9 Å². The van der Waals surface area contributed by atoms with Crippen LogP contribution in [-0.4, -0.2) is 34.1 Å². The van der Waals surface area contributed by atoms with E-state index in [1.165, 1.54) is 16.7 Å². The fraction of sp³-hybridized carbons (Fsp3) is 0.379. The van der Waals surface area contributed by atoms with Crippen molar-refractivity contribution in [3.8, 4) is 11.5 Å². The molecule has 4 aromatic rings. The van der Waals surface area contributed by atoms with Gasteiger partial charge in [0.2, 0.25) is 0 Å². The first-order valence-electron chi connectivity index (χ1n) is 12.9. The zero-order valence-electron chi connectivity index (χ0n) is 21.2. The molecule has 37 heavy (non-hydrogen) atoms. The van der Waals surface area contributed by atoms with Crippen molar-refractivity contribution in [3.63, 3.8) is 0 Å². The normalized spacial score (nSPS) is 17.8. The molecular formula is C29H32F2N4O2. The molecule has 0 aliphatic carbocycles. The summed E-state index contributed by atoms with van der Waals surface area (Å²) in [7, 11) is 0. The largest absolute Gasteiger partial charge is 0.457 e. The van der Waals surface area contributed by atoms with E-state index in [2.05, 4.69) is 42.2 Å². The summed E-state index contributed by atoms with van der Waals surface area (Å²) < 4.78 is 40.7. The summed E-state index contributed by atoms with van der Waals surface area (Å²) in [6.07, 6.45) is 6.04. The number of halogens is 2. The van der Waals surface area contributed by atoms with E-state index in [-0.39, 0.29) is 19.0 Å². The number of aryl methyl sites for hydroxylation is 2. The molecule has 194 valence electrons. The summed E-state index contributed by atoms with van der Waals surface area (Å²) >= 11 is 0. The van der Waals surface area contributed by atoms with E-state index in [0.717, 1.165) is 23.8 Å². The minimum atomic E-state index is -2.70. The predicted octanol–water partition coefficient (Wildman–Crippen LogP) is 6.74. The molecule has 0 saturated carbocycles. The highest BCUT2D eigenvalue weighted by molar-refractivity contribution is 5.87. The van der Waals surface area contributed by atoms with E-state index in [4.69, 9.17) is 15.0 Å². The first kappa shape index (κ1) is 25.1. The Hall–Kier alpha value is -3.52. The number of likely N-dealkylation sites (tertiary alicyclic amines) is 1. The molecule has 1 atom stereocenters. The third kappa shape index (κ3) is 5.30. The summed E-state index contributed by atoms with van der Waals surface area (Å²) in [6, 6.07) is 13.4. The van der Waals surface area contributed by atoms with Crippen LogP contribution in [0.4, 0.5) is 14.6 Å². The highest BCUT2D eigenvalue weighted by Crippen LogP contribution is 2.41. The van der Waals surface area contributed by atoms with Crippen molar-refractivity contribution in [1.29, 1.82) is 0 Å². The lowest BCUT2D eigenvalue weighted by atomic mass is 9.85. The number of nitrogens with two attached hydrogens (primary N) is 1. The number of rotatable bonds is 8. The van der Waals surface area contributed by atoms with E-state index in [0.29, 0.717) is 42.3 Å². The quantitative estimate of drug-likeness (QED) is 0.285. The van der Waals surface area contributed by atoms with Crippen LogP contribution in [0, 0.1) is 0 Å². The first-order chi connectivity index (χ1) is 17.9. The average Bonchev–Trinajstić information content (AvgIpc) is 3.27. The van der Waals surface area contributed by atoms with Crippen LogP contribution >= 0.6 is 0 Å². The van der Waals surface area contributed by atoms with Gasteiger partial charge in [0, 0.05) is 43.0 Å². The molecule has 0 amide bonds. The lowest BCUT2D eigenvalue weighted by molar-refractivity contribution is -0.0834. The van der Waals surface area contributed by atoms with Crippen molar-refractivity contribution >= 4 is 16.8 Å². The maximum Gasteiger partial charge on any atom is 0.260 e. The van der Waals surface area contributed by atoms with Gasteiger partial charge in [0.05, 0.1) is 11.9 Å². The second kappa shape index (κ2) is 10.5. The molecule has 2 aromatic heterocycles. The van der Waals surface area contributed by atoms with Crippen molar-refractivity contribution < 1.29 is 18.0 Å². The number of piperidine rings is 1. The van der Waals surface area contributed by atoms with E-state index >= 15 is 0 Å².